The zero-order chi connectivity index (χ0) is 14.0. The average molecular weight is 411 g/mol. The smallest absolute Gasteiger partial charge is 0.149 e. The van der Waals surface area contributed by atoms with E-state index in [4.69, 9.17) is 0 Å². The summed E-state index contributed by atoms with van der Waals surface area (Å²) < 4.78 is 28.9. The van der Waals surface area contributed by atoms with Crippen LogP contribution < -0.4 is 4.90 Å². The van der Waals surface area contributed by atoms with Crippen LogP contribution in [-0.4, -0.2) is 7.05 Å². The van der Waals surface area contributed by atoms with Gasteiger partial charge in [-0.05, 0) is 50.6 Å². The molecule has 0 radical (unpaired) electrons. The first kappa shape index (κ1) is 14.9. The van der Waals surface area contributed by atoms with Crippen molar-refractivity contribution in [2.24, 2.45) is 0 Å². The number of benzene rings is 1. The molecule has 1 aromatic heterocycles. The van der Waals surface area contributed by atoms with E-state index in [9.17, 15) is 8.78 Å². The van der Waals surface area contributed by atoms with E-state index < -0.39 is 11.6 Å². The molecule has 0 unspecified atom stereocenters. The van der Waals surface area contributed by atoms with E-state index >= 15 is 0 Å². The number of hydrogen-bond acceptors (Lipinski definition) is 2. The summed E-state index contributed by atoms with van der Waals surface area (Å²) in [5.41, 5.74) is 1.61. The fourth-order valence-corrected chi connectivity index (χ4v) is 3.37. The Kier molecular flexibility index (Phi) is 4.97. The molecule has 0 N–H and O–H groups in total. The molecule has 0 aliphatic carbocycles. The minimum atomic E-state index is -0.536. The van der Waals surface area contributed by atoms with Crippen molar-refractivity contribution >= 4 is 48.9 Å². The molecule has 0 bridgehead atoms. The number of rotatable bonds is 4. The molecule has 0 saturated heterocycles. The topological polar surface area (TPSA) is 3.24 Å². The normalized spacial score (nSPS) is 10.8. The third-order valence-electron chi connectivity index (χ3n) is 2.65. The highest BCUT2D eigenvalue weighted by molar-refractivity contribution is 9.11. The highest BCUT2D eigenvalue weighted by Crippen LogP contribution is 2.28. The third-order valence-corrected chi connectivity index (χ3v) is 4.85. The van der Waals surface area contributed by atoms with Gasteiger partial charge in [0.1, 0.15) is 17.3 Å². The second kappa shape index (κ2) is 6.33. The summed E-state index contributed by atoms with van der Waals surface area (Å²) in [7, 11) is 1.68. The number of thiophene rings is 1. The summed E-state index contributed by atoms with van der Waals surface area (Å²) in [6, 6.07) is 4.66. The number of halogens is 4. The van der Waals surface area contributed by atoms with E-state index in [1.807, 2.05) is 11.4 Å². The van der Waals surface area contributed by atoms with Crippen LogP contribution in [-0.2, 0) is 11.9 Å². The van der Waals surface area contributed by atoms with E-state index in [0.717, 1.165) is 9.35 Å². The van der Waals surface area contributed by atoms with Crippen molar-refractivity contribution in [2.75, 3.05) is 11.9 Å². The quantitative estimate of drug-likeness (QED) is 0.616. The summed E-state index contributed by atoms with van der Waals surface area (Å²) in [6.45, 7) is 0.462. The Bertz CT molecular complexity index is 563. The molecule has 2 rings (SSSR count). The van der Waals surface area contributed by atoms with Crippen LogP contribution in [0.15, 0.2) is 27.4 Å². The molecule has 0 atom stereocenters. The van der Waals surface area contributed by atoms with Gasteiger partial charge >= 0.3 is 0 Å². The zero-order valence-electron chi connectivity index (χ0n) is 10.1. The number of anilines is 1. The summed E-state index contributed by atoms with van der Waals surface area (Å²) in [6.07, 6.45) is 0. The highest BCUT2D eigenvalue weighted by atomic mass is 79.9. The molecule has 1 heterocycles. The van der Waals surface area contributed by atoms with Crippen LogP contribution in [0.3, 0.4) is 0 Å². The fraction of sp³-hybridized carbons (Fsp3) is 0.231. The van der Waals surface area contributed by atoms with Gasteiger partial charge in [-0.1, -0.05) is 15.9 Å². The Balaban J connectivity index is 2.26. The minimum Gasteiger partial charge on any atom is -0.365 e. The molecule has 1 nitrogen and oxygen atoms in total. The van der Waals surface area contributed by atoms with Crippen molar-refractivity contribution in [1.29, 1.82) is 0 Å². The molecule has 0 fully saturated rings. The van der Waals surface area contributed by atoms with Gasteiger partial charge in [-0.3, -0.25) is 0 Å². The number of alkyl halides is 1. The second-order valence-corrected chi connectivity index (χ2v) is 7.01. The van der Waals surface area contributed by atoms with Gasteiger partial charge in [0.2, 0.25) is 0 Å². The SMILES string of the molecule is CN(Cc1csc(Br)c1)c1c(F)cc(CBr)cc1F. The third kappa shape index (κ3) is 3.55. The van der Waals surface area contributed by atoms with Gasteiger partial charge in [-0.15, -0.1) is 11.3 Å². The molecule has 0 amide bonds. The zero-order valence-corrected chi connectivity index (χ0v) is 14.1. The lowest BCUT2D eigenvalue weighted by molar-refractivity contribution is 0.575. The molecule has 1 aromatic carbocycles. The van der Waals surface area contributed by atoms with E-state index in [-0.39, 0.29) is 5.69 Å². The molecule has 102 valence electrons. The summed E-state index contributed by atoms with van der Waals surface area (Å²) in [4.78, 5) is 1.58. The molecule has 0 saturated carbocycles. The molecule has 0 aliphatic heterocycles. The Morgan fingerprint density at radius 3 is 2.26 bits per heavy atom. The Morgan fingerprint density at radius 2 is 1.79 bits per heavy atom. The van der Waals surface area contributed by atoms with Crippen molar-refractivity contribution in [2.45, 2.75) is 11.9 Å². The summed E-state index contributed by atoms with van der Waals surface area (Å²) in [5, 5.41) is 2.39. The Labute approximate surface area is 131 Å². The highest BCUT2D eigenvalue weighted by Gasteiger charge is 2.15. The van der Waals surface area contributed by atoms with Gasteiger partial charge in [-0.25, -0.2) is 8.78 Å². The van der Waals surface area contributed by atoms with Gasteiger partial charge in [-0.2, -0.15) is 0 Å². The maximum Gasteiger partial charge on any atom is 0.149 e. The first-order chi connectivity index (χ1) is 9.01. The Morgan fingerprint density at radius 1 is 1.16 bits per heavy atom. The monoisotopic (exact) mass is 409 g/mol. The maximum absolute atomic E-state index is 13.9. The van der Waals surface area contributed by atoms with Gasteiger partial charge in [0.05, 0.1) is 3.79 Å². The molecule has 19 heavy (non-hydrogen) atoms. The molecular formula is C13H11Br2F2NS. The molecule has 2 aromatic rings. The molecular weight excluding hydrogens is 400 g/mol. The summed E-state index contributed by atoms with van der Waals surface area (Å²) in [5.74, 6) is -1.07. The van der Waals surface area contributed by atoms with Crippen LogP contribution in [0.2, 0.25) is 0 Å². The lowest BCUT2D eigenvalue weighted by Crippen LogP contribution is -2.19. The van der Waals surface area contributed by atoms with E-state index in [0.29, 0.717) is 17.4 Å². The predicted molar refractivity (Wildman–Crippen MR) is 83.1 cm³/mol. The van der Waals surface area contributed by atoms with E-state index in [2.05, 4.69) is 31.9 Å². The van der Waals surface area contributed by atoms with E-state index in [1.54, 1.807) is 23.3 Å². The predicted octanol–water partition coefficient (Wildman–Crippen LogP) is 5.32. The first-order valence-corrected chi connectivity index (χ1v) is 8.28. The van der Waals surface area contributed by atoms with Crippen molar-refractivity contribution in [3.05, 3.63) is 50.1 Å². The average Bonchev–Trinajstić information content (AvgIpc) is 2.73. The van der Waals surface area contributed by atoms with Crippen LogP contribution in [0.5, 0.6) is 0 Å². The van der Waals surface area contributed by atoms with Crippen molar-refractivity contribution in [3.63, 3.8) is 0 Å². The number of nitrogens with zero attached hydrogens (tertiary/aromatic N) is 1. The second-order valence-electron chi connectivity index (χ2n) is 4.16. The molecule has 0 aliphatic rings. The fourth-order valence-electron chi connectivity index (χ4n) is 1.84. The van der Waals surface area contributed by atoms with Crippen LogP contribution in [0, 0.1) is 11.6 Å². The standard InChI is InChI=1S/C13H11Br2F2NS/c1-18(6-9-4-12(15)19-7-9)13-10(16)2-8(5-14)3-11(13)17/h2-4,7H,5-6H2,1H3. The van der Waals surface area contributed by atoms with Crippen LogP contribution in [0.25, 0.3) is 0 Å². The van der Waals surface area contributed by atoms with E-state index in [1.165, 1.54) is 12.1 Å². The first-order valence-electron chi connectivity index (χ1n) is 5.49. The number of hydrogen-bond donors (Lipinski definition) is 0. The largest absolute Gasteiger partial charge is 0.365 e. The Hall–Kier alpha value is -0.460. The minimum absolute atomic E-state index is 0.00650. The molecule has 6 heteroatoms. The summed E-state index contributed by atoms with van der Waals surface area (Å²) >= 11 is 8.12. The van der Waals surface area contributed by atoms with Crippen molar-refractivity contribution in [1.82, 2.24) is 0 Å². The van der Waals surface area contributed by atoms with Crippen molar-refractivity contribution in [3.8, 4) is 0 Å². The van der Waals surface area contributed by atoms with Gasteiger partial charge < -0.3 is 4.90 Å². The van der Waals surface area contributed by atoms with Crippen LogP contribution >= 0.6 is 43.2 Å². The molecule has 0 spiro atoms. The van der Waals surface area contributed by atoms with Crippen molar-refractivity contribution < 1.29 is 8.78 Å². The van der Waals surface area contributed by atoms with Gasteiger partial charge in [0, 0.05) is 18.9 Å². The lowest BCUT2D eigenvalue weighted by atomic mass is 10.2. The maximum atomic E-state index is 13.9. The van der Waals surface area contributed by atoms with Crippen LogP contribution in [0.4, 0.5) is 14.5 Å². The van der Waals surface area contributed by atoms with Crippen LogP contribution in [0.1, 0.15) is 11.1 Å². The van der Waals surface area contributed by atoms with Gasteiger partial charge in [0.25, 0.3) is 0 Å². The lowest BCUT2D eigenvalue weighted by Gasteiger charge is -2.20. The van der Waals surface area contributed by atoms with Gasteiger partial charge in [0.15, 0.2) is 0 Å².